The van der Waals surface area contributed by atoms with E-state index < -0.39 is 12.1 Å². The summed E-state index contributed by atoms with van der Waals surface area (Å²) in [5.74, 6) is -3.13. The number of anilines is 1. The molecule has 0 saturated heterocycles. The number of carboxylic acid groups (broad SMARTS) is 1. The van der Waals surface area contributed by atoms with Crippen molar-refractivity contribution in [2.75, 3.05) is 11.9 Å². The Kier molecular flexibility index (Phi) is 4.36. The van der Waals surface area contributed by atoms with Gasteiger partial charge in [-0.25, -0.2) is 4.79 Å². The molecule has 1 aliphatic heterocycles. The van der Waals surface area contributed by atoms with Crippen LogP contribution >= 0.6 is 0 Å². The molecule has 2 rings (SSSR count). The molecule has 0 bridgehead atoms. The number of fused-ring (bicyclic) bond motifs is 1. The topological polar surface area (TPSA) is 92.4 Å². The molecule has 0 unspecified atom stereocenters. The Morgan fingerprint density at radius 1 is 1.32 bits per heavy atom. The minimum atomic E-state index is -5.08. The van der Waals surface area contributed by atoms with Gasteiger partial charge in [0.1, 0.15) is 0 Å². The third kappa shape index (κ3) is 4.16. The number of nitrogens with two attached hydrogens (primary N) is 1. The van der Waals surface area contributed by atoms with Crippen LogP contribution in [-0.4, -0.2) is 29.7 Å². The minimum absolute atomic E-state index is 0.369. The minimum Gasteiger partial charge on any atom is -0.475 e. The van der Waals surface area contributed by atoms with Gasteiger partial charge in [-0.15, -0.1) is 0 Å². The van der Waals surface area contributed by atoms with Crippen LogP contribution in [0.25, 0.3) is 0 Å². The van der Waals surface area contributed by atoms with Crippen molar-refractivity contribution in [3.63, 3.8) is 0 Å². The van der Waals surface area contributed by atoms with E-state index >= 15 is 0 Å². The van der Waals surface area contributed by atoms with Crippen LogP contribution in [0.15, 0.2) is 18.2 Å². The van der Waals surface area contributed by atoms with Crippen LogP contribution in [0.3, 0.4) is 0 Å². The molecular weight excluding hydrogens is 265 g/mol. The number of hydrogen-bond donors (Lipinski definition) is 3. The Morgan fingerprint density at radius 2 is 1.89 bits per heavy atom. The molecule has 19 heavy (non-hydrogen) atoms. The maximum atomic E-state index is 10.8. The van der Waals surface area contributed by atoms with E-state index in [1.54, 1.807) is 6.07 Å². The van der Waals surface area contributed by atoms with Crippen molar-refractivity contribution in [2.45, 2.75) is 12.6 Å². The van der Waals surface area contributed by atoms with Gasteiger partial charge in [0.2, 0.25) is 5.91 Å². The van der Waals surface area contributed by atoms with E-state index in [2.05, 4.69) is 5.32 Å². The van der Waals surface area contributed by atoms with E-state index in [-0.39, 0.29) is 5.91 Å². The first kappa shape index (κ1) is 14.8. The van der Waals surface area contributed by atoms with Crippen molar-refractivity contribution in [1.82, 2.24) is 0 Å². The number of nitrogens with one attached hydrogen (secondary N) is 1. The van der Waals surface area contributed by atoms with E-state index in [9.17, 15) is 18.0 Å². The molecule has 0 radical (unpaired) electrons. The third-order valence-electron chi connectivity index (χ3n) is 2.35. The number of hydrogen-bond acceptors (Lipinski definition) is 3. The van der Waals surface area contributed by atoms with Crippen LogP contribution in [0.5, 0.6) is 0 Å². The zero-order valence-corrected chi connectivity index (χ0v) is 9.62. The van der Waals surface area contributed by atoms with Crippen molar-refractivity contribution in [3.8, 4) is 0 Å². The maximum Gasteiger partial charge on any atom is 0.490 e. The number of alkyl halides is 3. The molecule has 0 saturated carbocycles. The van der Waals surface area contributed by atoms with Gasteiger partial charge in [-0.3, -0.25) is 4.79 Å². The zero-order chi connectivity index (χ0) is 14.6. The van der Waals surface area contributed by atoms with Gasteiger partial charge in [-0.05, 0) is 24.1 Å². The van der Waals surface area contributed by atoms with Gasteiger partial charge >= 0.3 is 12.1 Å². The van der Waals surface area contributed by atoms with Gasteiger partial charge in [-0.1, -0.05) is 6.07 Å². The Bertz CT molecular complexity index is 500. The van der Waals surface area contributed by atoms with Crippen molar-refractivity contribution >= 4 is 17.6 Å². The zero-order valence-electron chi connectivity index (χ0n) is 9.62. The number of rotatable bonds is 1. The molecule has 5 nitrogen and oxygen atoms in total. The molecule has 0 fully saturated rings. The number of benzene rings is 1. The number of amides is 1. The molecule has 1 heterocycles. The standard InChI is InChI=1S/C9H10N2O.C2HF3O2/c10-9(12)7-2-1-6-3-4-11-8(6)5-7;3-2(4,5)1(6)7/h1-2,5,11H,3-4H2,(H2,10,12);(H,6,7). The summed E-state index contributed by atoms with van der Waals surface area (Å²) in [4.78, 5) is 19.7. The molecule has 0 atom stereocenters. The fourth-order valence-electron chi connectivity index (χ4n) is 1.44. The largest absolute Gasteiger partial charge is 0.490 e. The highest BCUT2D eigenvalue weighted by Gasteiger charge is 2.38. The summed E-state index contributed by atoms with van der Waals surface area (Å²) in [7, 11) is 0. The van der Waals surface area contributed by atoms with E-state index in [4.69, 9.17) is 15.6 Å². The van der Waals surface area contributed by atoms with Crippen LogP contribution in [0.2, 0.25) is 0 Å². The summed E-state index contributed by atoms with van der Waals surface area (Å²) in [5, 5.41) is 10.3. The summed E-state index contributed by atoms with van der Waals surface area (Å²) in [6.45, 7) is 0.956. The number of carboxylic acids is 1. The second-order valence-corrected chi connectivity index (χ2v) is 3.72. The molecule has 1 amide bonds. The van der Waals surface area contributed by atoms with Gasteiger partial charge in [0.15, 0.2) is 0 Å². The van der Waals surface area contributed by atoms with Crippen LogP contribution in [0, 0.1) is 0 Å². The third-order valence-corrected chi connectivity index (χ3v) is 2.35. The van der Waals surface area contributed by atoms with Gasteiger partial charge < -0.3 is 16.2 Å². The second-order valence-electron chi connectivity index (χ2n) is 3.72. The molecule has 4 N–H and O–H groups in total. The fourth-order valence-corrected chi connectivity index (χ4v) is 1.44. The predicted molar refractivity (Wildman–Crippen MR) is 60.8 cm³/mol. The molecule has 1 aromatic carbocycles. The predicted octanol–water partition coefficient (Wildman–Crippen LogP) is 1.39. The first-order valence-corrected chi connectivity index (χ1v) is 5.18. The Balaban J connectivity index is 0.000000224. The van der Waals surface area contributed by atoms with Gasteiger partial charge in [0, 0.05) is 17.8 Å². The van der Waals surface area contributed by atoms with E-state index in [1.165, 1.54) is 5.56 Å². The van der Waals surface area contributed by atoms with E-state index in [0.717, 1.165) is 18.7 Å². The van der Waals surface area contributed by atoms with Crippen molar-refractivity contribution in [1.29, 1.82) is 0 Å². The fraction of sp³-hybridized carbons (Fsp3) is 0.273. The lowest BCUT2D eigenvalue weighted by Crippen LogP contribution is -2.21. The first-order chi connectivity index (χ1) is 8.71. The lowest BCUT2D eigenvalue weighted by molar-refractivity contribution is -0.192. The van der Waals surface area contributed by atoms with E-state index in [1.807, 2.05) is 12.1 Å². The van der Waals surface area contributed by atoms with Gasteiger partial charge in [0.05, 0.1) is 0 Å². The monoisotopic (exact) mass is 276 g/mol. The maximum absolute atomic E-state index is 10.8. The summed E-state index contributed by atoms with van der Waals surface area (Å²) in [6, 6.07) is 5.54. The van der Waals surface area contributed by atoms with Crippen molar-refractivity contribution < 1.29 is 27.9 Å². The highest BCUT2D eigenvalue weighted by molar-refractivity contribution is 5.94. The number of primary amides is 1. The quantitative estimate of drug-likeness (QED) is 0.722. The smallest absolute Gasteiger partial charge is 0.475 e. The summed E-state index contributed by atoms with van der Waals surface area (Å²) in [5.41, 5.74) is 8.02. The number of carbonyl (C=O) groups excluding carboxylic acids is 1. The van der Waals surface area contributed by atoms with Crippen LogP contribution < -0.4 is 11.1 Å². The molecule has 8 heteroatoms. The molecule has 0 aliphatic carbocycles. The number of aliphatic carboxylic acids is 1. The summed E-state index contributed by atoms with van der Waals surface area (Å²) < 4.78 is 31.7. The Labute approximate surface area is 106 Å². The normalized spacial score (nSPS) is 12.8. The SMILES string of the molecule is NC(=O)c1ccc2c(c1)NCC2.O=C(O)C(F)(F)F. The second kappa shape index (κ2) is 5.59. The Morgan fingerprint density at radius 3 is 2.37 bits per heavy atom. The molecular formula is C11H11F3N2O3. The van der Waals surface area contributed by atoms with E-state index in [0.29, 0.717) is 5.56 Å². The molecule has 104 valence electrons. The molecule has 1 aromatic rings. The lowest BCUT2D eigenvalue weighted by atomic mass is 10.1. The first-order valence-electron chi connectivity index (χ1n) is 5.18. The summed E-state index contributed by atoms with van der Waals surface area (Å²) >= 11 is 0. The Hall–Kier alpha value is -2.25. The average Bonchev–Trinajstić information content (AvgIpc) is 2.74. The number of carbonyl (C=O) groups is 2. The van der Waals surface area contributed by atoms with Gasteiger partial charge in [0.25, 0.3) is 0 Å². The van der Waals surface area contributed by atoms with Crippen LogP contribution in [-0.2, 0) is 11.2 Å². The molecule has 1 aliphatic rings. The van der Waals surface area contributed by atoms with Crippen LogP contribution in [0.1, 0.15) is 15.9 Å². The molecule has 0 aromatic heterocycles. The van der Waals surface area contributed by atoms with Crippen molar-refractivity contribution in [2.24, 2.45) is 5.73 Å². The van der Waals surface area contributed by atoms with Gasteiger partial charge in [-0.2, -0.15) is 13.2 Å². The summed E-state index contributed by atoms with van der Waals surface area (Å²) in [6.07, 6.45) is -4.05. The average molecular weight is 276 g/mol. The molecule has 0 spiro atoms. The number of halogens is 3. The van der Waals surface area contributed by atoms with Crippen molar-refractivity contribution in [3.05, 3.63) is 29.3 Å². The lowest BCUT2D eigenvalue weighted by Gasteiger charge is -2.00. The highest BCUT2D eigenvalue weighted by atomic mass is 19.4. The van der Waals surface area contributed by atoms with Crippen LogP contribution in [0.4, 0.5) is 18.9 Å². The highest BCUT2D eigenvalue weighted by Crippen LogP contribution is 2.22.